The number of esters is 1. The number of azide groups is 1. The molecule has 0 amide bonds. The van der Waals surface area contributed by atoms with Crippen LogP contribution < -0.4 is 0 Å². The van der Waals surface area contributed by atoms with Gasteiger partial charge in [-0.15, -0.1) is 0 Å². The summed E-state index contributed by atoms with van der Waals surface area (Å²) in [5.74, 6) is -0.559. The molecule has 0 aromatic rings. The third kappa shape index (κ3) is 4.35. The van der Waals surface area contributed by atoms with Crippen LogP contribution in [0, 0.1) is 0 Å². The molecule has 1 rings (SSSR count). The Morgan fingerprint density at radius 1 is 1.50 bits per heavy atom. The van der Waals surface area contributed by atoms with Crippen LogP contribution in [0.1, 0.15) is 33.6 Å². The Kier molecular flexibility index (Phi) is 6.74. The lowest BCUT2D eigenvalue weighted by atomic mass is 9.97. The fraction of sp³-hybridized carbons (Fsp3) is 0.917. The zero-order valence-electron chi connectivity index (χ0n) is 11.9. The molecule has 0 spiro atoms. The Morgan fingerprint density at radius 3 is 2.75 bits per heavy atom. The Bertz CT molecular complexity index is 372. The molecule has 8 nitrogen and oxygen atoms in total. The molecule has 1 fully saturated rings. The number of rotatable bonds is 6. The van der Waals surface area contributed by atoms with Crippen LogP contribution in [0.25, 0.3) is 10.4 Å². The summed E-state index contributed by atoms with van der Waals surface area (Å²) in [6.45, 7) is 5.34. The Balaban J connectivity index is 2.90. The van der Waals surface area contributed by atoms with E-state index in [2.05, 4.69) is 10.0 Å². The van der Waals surface area contributed by atoms with Gasteiger partial charge in [-0.05, 0) is 18.9 Å². The van der Waals surface area contributed by atoms with Crippen molar-refractivity contribution in [3.8, 4) is 0 Å². The molecular formula is C12H21N3O5. The highest BCUT2D eigenvalue weighted by atomic mass is 16.7. The summed E-state index contributed by atoms with van der Waals surface area (Å²) in [7, 11) is 0. The van der Waals surface area contributed by atoms with Gasteiger partial charge in [0.25, 0.3) is 0 Å². The largest absolute Gasteiger partial charge is 0.454 e. The number of aliphatic hydroxyl groups is 1. The normalized spacial score (nSPS) is 33.3. The van der Waals surface area contributed by atoms with Gasteiger partial charge in [-0.25, -0.2) is 0 Å². The predicted molar refractivity (Wildman–Crippen MR) is 69.7 cm³/mol. The maximum Gasteiger partial charge on any atom is 0.303 e. The van der Waals surface area contributed by atoms with Crippen LogP contribution in [-0.4, -0.2) is 48.3 Å². The number of hydrogen-bond acceptors (Lipinski definition) is 6. The molecule has 1 aliphatic heterocycles. The van der Waals surface area contributed by atoms with Crippen molar-refractivity contribution >= 4 is 5.97 Å². The smallest absolute Gasteiger partial charge is 0.303 e. The van der Waals surface area contributed by atoms with Gasteiger partial charge in [0.15, 0.2) is 12.4 Å². The summed E-state index contributed by atoms with van der Waals surface area (Å²) >= 11 is 0. The minimum Gasteiger partial charge on any atom is -0.454 e. The van der Waals surface area contributed by atoms with Crippen molar-refractivity contribution in [2.45, 2.75) is 64.3 Å². The van der Waals surface area contributed by atoms with Crippen LogP contribution in [0.5, 0.6) is 0 Å². The van der Waals surface area contributed by atoms with E-state index in [1.54, 1.807) is 6.92 Å². The van der Waals surface area contributed by atoms with Crippen molar-refractivity contribution < 1.29 is 24.1 Å². The number of nitrogens with zero attached hydrogens (tertiary/aromatic N) is 3. The molecule has 5 atom stereocenters. The molecule has 1 aliphatic rings. The quantitative estimate of drug-likeness (QED) is 0.261. The molecule has 0 aliphatic carbocycles. The molecule has 20 heavy (non-hydrogen) atoms. The van der Waals surface area contributed by atoms with Crippen LogP contribution in [-0.2, 0) is 19.0 Å². The first-order chi connectivity index (χ1) is 9.51. The van der Waals surface area contributed by atoms with Gasteiger partial charge >= 0.3 is 5.97 Å². The van der Waals surface area contributed by atoms with Crippen LogP contribution in [0.15, 0.2) is 5.11 Å². The third-order valence-electron chi connectivity index (χ3n) is 3.07. The van der Waals surface area contributed by atoms with Crippen molar-refractivity contribution in [2.24, 2.45) is 5.11 Å². The Labute approximate surface area is 117 Å². The van der Waals surface area contributed by atoms with E-state index in [9.17, 15) is 9.90 Å². The van der Waals surface area contributed by atoms with Gasteiger partial charge in [0, 0.05) is 18.4 Å². The lowest BCUT2D eigenvalue weighted by Crippen LogP contribution is -2.58. The topological polar surface area (TPSA) is 114 Å². The third-order valence-corrected chi connectivity index (χ3v) is 3.07. The highest BCUT2D eigenvalue weighted by Gasteiger charge is 2.46. The zero-order valence-corrected chi connectivity index (χ0v) is 11.9. The summed E-state index contributed by atoms with van der Waals surface area (Å²) < 4.78 is 15.9. The molecule has 4 unspecified atom stereocenters. The molecule has 0 aromatic heterocycles. The van der Waals surface area contributed by atoms with E-state index in [1.165, 1.54) is 6.92 Å². The SMILES string of the molecule is CCCCOC1C(OC(C)=O)C(O)OC(C)[C@H]1N=[N+]=[N-]. The standard InChI is InChI=1S/C12H21N3O5/c1-4-5-6-18-10-9(14-15-13)7(2)19-12(17)11(10)20-8(3)16/h7,9-12,17H,4-6H2,1-3H3/t7?,9-,10?,11?,12?/m1/s1. The van der Waals surface area contributed by atoms with Crippen LogP contribution in [0.2, 0.25) is 0 Å². The lowest BCUT2D eigenvalue weighted by Gasteiger charge is -2.41. The van der Waals surface area contributed by atoms with Crippen LogP contribution in [0.3, 0.4) is 0 Å². The predicted octanol–water partition coefficient (Wildman–Crippen LogP) is 1.52. The van der Waals surface area contributed by atoms with E-state index in [0.29, 0.717) is 6.61 Å². The van der Waals surface area contributed by atoms with E-state index >= 15 is 0 Å². The first kappa shape index (κ1) is 16.7. The lowest BCUT2D eigenvalue weighted by molar-refractivity contribution is -0.264. The summed E-state index contributed by atoms with van der Waals surface area (Å²) in [5, 5.41) is 13.5. The maximum atomic E-state index is 11.1. The summed E-state index contributed by atoms with van der Waals surface area (Å²) in [4.78, 5) is 13.9. The van der Waals surface area contributed by atoms with Crippen molar-refractivity contribution in [1.82, 2.24) is 0 Å². The molecule has 1 N–H and O–H groups in total. The molecule has 0 aromatic carbocycles. The molecular weight excluding hydrogens is 266 g/mol. The highest BCUT2D eigenvalue weighted by molar-refractivity contribution is 5.66. The molecule has 8 heteroatoms. The zero-order chi connectivity index (χ0) is 15.1. The van der Waals surface area contributed by atoms with Crippen molar-refractivity contribution in [3.63, 3.8) is 0 Å². The average molecular weight is 287 g/mol. The Hall–Kier alpha value is -1.34. The van der Waals surface area contributed by atoms with Gasteiger partial charge in [0.2, 0.25) is 0 Å². The minimum atomic E-state index is -1.30. The fourth-order valence-electron chi connectivity index (χ4n) is 2.09. The molecule has 1 saturated heterocycles. The second-order valence-corrected chi connectivity index (χ2v) is 4.69. The van der Waals surface area contributed by atoms with Gasteiger partial charge in [-0.1, -0.05) is 18.5 Å². The van der Waals surface area contributed by atoms with Crippen molar-refractivity contribution in [2.75, 3.05) is 6.61 Å². The number of unbranched alkanes of at least 4 members (excludes halogenated alkanes) is 1. The number of aliphatic hydroxyl groups excluding tert-OH is 1. The van der Waals surface area contributed by atoms with Gasteiger partial charge in [-0.3, -0.25) is 4.79 Å². The van der Waals surface area contributed by atoms with Crippen molar-refractivity contribution in [1.29, 1.82) is 0 Å². The molecule has 0 bridgehead atoms. The molecule has 1 heterocycles. The molecule has 0 saturated carbocycles. The van der Waals surface area contributed by atoms with E-state index in [4.69, 9.17) is 19.7 Å². The van der Waals surface area contributed by atoms with Gasteiger partial charge in [0.1, 0.15) is 6.10 Å². The molecule has 114 valence electrons. The Morgan fingerprint density at radius 2 is 2.20 bits per heavy atom. The highest BCUT2D eigenvalue weighted by Crippen LogP contribution is 2.27. The summed E-state index contributed by atoms with van der Waals surface area (Å²) in [6, 6.07) is -0.662. The molecule has 0 radical (unpaired) electrons. The number of carbonyl (C=O) groups excluding carboxylic acids is 1. The van der Waals surface area contributed by atoms with Crippen LogP contribution in [0.4, 0.5) is 0 Å². The number of ether oxygens (including phenoxy) is 3. The second kappa shape index (κ2) is 8.06. The first-order valence-corrected chi connectivity index (χ1v) is 6.67. The van der Waals surface area contributed by atoms with Crippen molar-refractivity contribution in [3.05, 3.63) is 10.4 Å². The minimum absolute atomic E-state index is 0.426. The van der Waals surface area contributed by atoms with E-state index in [0.717, 1.165) is 12.8 Å². The second-order valence-electron chi connectivity index (χ2n) is 4.69. The van der Waals surface area contributed by atoms with E-state index in [-0.39, 0.29) is 0 Å². The number of carbonyl (C=O) groups is 1. The van der Waals surface area contributed by atoms with Gasteiger partial charge in [0.05, 0.1) is 12.1 Å². The number of hydrogen-bond donors (Lipinski definition) is 1. The van der Waals surface area contributed by atoms with Crippen LogP contribution >= 0.6 is 0 Å². The van der Waals surface area contributed by atoms with E-state index < -0.39 is 36.6 Å². The summed E-state index contributed by atoms with van der Waals surface area (Å²) in [5.41, 5.74) is 8.64. The van der Waals surface area contributed by atoms with Gasteiger partial charge in [-0.2, -0.15) is 0 Å². The average Bonchev–Trinajstić information content (AvgIpc) is 2.37. The van der Waals surface area contributed by atoms with E-state index in [1.807, 2.05) is 6.92 Å². The maximum absolute atomic E-state index is 11.1. The van der Waals surface area contributed by atoms with Gasteiger partial charge < -0.3 is 19.3 Å². The summed E-state index contributed by atoms with van der Waals surface area (Å²) in [6.07, 6.45) is -1.80. The first-order valence-electron chi connectivity index (χ1n) is 6.67. The fourth-order valence-corrected chi connectivity index (χ4v) is 2.09. The monoisotopic (exact) mass is 287 g/mol.